The van der Waals surface area contributed by atoms with Gasteiger partial charge in [-0.2, -0.15) is 0 Å². The normalized spacial score (nSPS) is 10.1. The molecule has 5 heteroatoms. The lowest BCUT2D eigenvalue weighted by Crippen LogP contribution is -2.13. The summed E-state index contributed by atoms with van der Waals surface area (Å²) in [6.45, 7) is 1.84. The zero-order valence-corrected chi connectivity index (χ0v) is 9.84. The first-order chi connectivity index (χ1) is 8.58. The van der Waals surface area contributed by atoms with E-state index in [0.717, 1.165) is 5.56 Å². The number of nitrogens with two attached hydrogens (primary N) is 1. The van der Waals surface area contributed by atoms with Gasteiger partial charge in [0.25, 0.3) is 5.91 Å². The number of phenols is 1. The van der Waals surface area contributed by atoms with Gasteiger partial charge in [-0.1, -0.05) is 11.6 Å². The fourth-order valence-corrected chi connectivity index (χ4v) is 1.54. The van der Waals surface area contributed by atoms with Crippen LogP contribution < -0.4 is 11.1 Å². The molecular formula is C13H13N3O2. The third-order valence-electron chi connectivity index (χ3n) is 2.50. The van der Waals surface area contributed by atoms with Gasteiger partial charge in [0.1, 0.15) is 5.75 Å². The molecule has 0 bridgehead atoms. The number of nitrogens with one attached hydrogen (secondary N) is 1. The SMILES string of the molecule is Cc1ccc(O)c(C(=O)Nc2ccncc2N)c1. The number of aromatic hydroxyl groups is 1. The van der Waals surface area contributed by atoms with Gasteiger partial charge in [-0.15, -0.1) is 0 Å². The minimum atomic E-state index is -0.408. The van der Waals surface area contributed by atoms with Crippen molar-refractivity contribution in [3.63, 3.8) is 0 Å². The first-order valence-corrected chi connectivity index (χ1v) is 5.38. The highest BCUT2D eigenvalue weighted by atomic mass is 16.3. The molecule has 0 aliphatic carbocycles. The van der Waals surface area contributed by atoms with Crippen LogP contribution in [0.25, 0.3) is 0 Å². The molecule has 2 rings (SSSR count). The van der Waals surface area contributed by atoms with E-state index in [1.54, 1.807) is 18.2 Å². The zero-order valence-electron chi connectivity index (χ0n) is 9.84. The number of phenolic OH excluding ortho intramolecular Hbond substituents is 1. The number of nitrogens with zero attached hydrogens (tertiary/aromatic N) is 1. The van der Waals surface area contributed by atoms with Crippen molar-refractivity contribution in [1.82, 2.24) is 4.98 Å². The lowest BCUT2D eigenvalue weighted by atomic mass is 10.1. The molecule has 0 spiro atoms. The van der Waals surface area contributed by atoms with E-state index >= 15 is 0 Å². The average molecular weight is 243 g/mol. The van der Waals surface area contributed by atoms with E-state index in [-0.39, 0.29) is 11.3 Å². The van der Waals surface area contributed by atoms with Gasteiger partial charge in [0, 0.05) is 6.20 Å². The molecule has 0 radical (unpaired) electrons. The summed E-state index contributed by atoms with van der Waals surface area (Å²) in [4.78, 5) is 15.8. The van der Waals surface area contributed by atoms with Gasteiger partial charge >= 0.3 is 0 Å². The van der Waals surface area contributed by atoms with Crippen molar-refractivity contribution < 1.29 is 9.90 Å². The monoisotopic (exact) mass is 243 g/mol. The smallest absolute Gasteiger partial charge is 0.259 e. The lowest BCUT2D eigenvalue weighted by molar-refractivity contribution is 0.102. The highest BCUT2D eigenvalue weighted by molar-refractivity contribution is 6.07. The summed E-state index contributed by atoms with van der Waals surface area (Å²) in [5, 5.41) is 12.3. The Labute approximate surface area is 104 Å². The topological polar surface area (TPSA) is 88.2 Å². The molecule has 0 atom stereocenters. The Kier molecular flexibility index (Phi) is 3.14. The van der Waals surface area contributed by atoms with Crippen LogP contribution >= 0.6 is 0 Å². The second-order valence-corrected chi connectivity index (χ2v) is 3.94. The molecule has 0 fully saturated rings. The molecule has 1 heterocycles. The number of carbonyl (C=O) groups is 1. The first kappa shape index (κ1) is 11.9. The van der Waals surface area contributed by atoms with Crippen molar-refractivity contribution in [2.75, 3.05) is 11.1 Å². The van der Waals surface area contributed by atoms with E-state index in [0.29, 0.717) is 11.4 Å². The summed E-state index contributed by atoms with van der Waals surface area (Å²) in [7, 11) is 0. The average Bonchev–Trinajstić information content (AvgIpc) is 2.35. The Hall–Kier alpha value is -2.56. The number of rotatable bonds is 2. The Balaban J connectivity index is 2.28. The second-order valence-electron chi connectivity index (χ2n) is 3.94. The van der Waals surface area contributed by atoms with Gasteiger partial charge in [-0.25, -0.2) is 0 Å². The Morgan fingerprint density at radius 3 is 2.89 bits per heavy atom. The zero-order chi connectivity index (χ0) is 13.1. The van der Waals surface area contributed by atoms with Gasteiger partial charge in [0.2, 0.25) is 0 Å². The highest BCUT2D eigenvalue weighted by Gasteiger charge is 2.12. The molecule has 4 N–H and O–H groups in total. The molecule has 92 valence electrons. The molecule has 0 aliphatic rings. The number of amides is 1. The predicted octanol–water partition coefficient (Wildman–Crippen LogP) is 1.93. The van der Waals surface area contributed by atoms with Crippen molar-refractivity contribution in [2.45, 2.75) is 6.92 Å². The quantitative estimate of drug-likeness (QED) is 0.752. The molecule has 5 nitrogen and oxygen atoms in total. The molecular weight excluding hydrogens is 230 g/mol. The van der Waals surface area contributed by atoms with Crippen molar-refractivity contribution in [2.24, 2.45) is 0 Å². The maximum atomic E-state index is 12.0. The molecule has 0 aliphatic heterocycles. The van der Waals surface area contributed by atoms with Crippen molar-refractivity contribution in [1.29, 1.82) is 0 Å². The van der Waals surface area contributed by atoms with Gasteiger partial charge in [-0.05, 0) is 25.1 Å². The van der Waals surface area contributed by atoms with Crippen LogP contribution in [0.2, 0.25) is 0 Å². The van der Waals surface area contributed by atoms with Gasteiger partial charge in [0.15, 0.2) is 0 Å². The van der Waals surface area contributed by atoms with E-state index in [1.165, 1.54) is 18.5 Å². The number of pyridine rings is 1. The minimum Gasteiger partial charge on any atom is -0.507 e. The van der Waals surface area contributed by atoms with Gasteiger partial charge < -0.3 is 16.2 Å². The van der Waals surface area contributed by atoms with Crippen LogP contribution in [0.5, 0.6) is 5.75 Å². The van der Waals surface area contributed by atoms with Crippen LogP contribution in [0.3, 0.4) is 0 Å². The number of aryl methyl sites for hydroxylation is 1. The molecule has 0 saturated heterocycles. The summed E-state index contributed by atoms with van der Waals surface area (Å²) in [6.07, 6.45) is 2.98. The second kappa shape index (κ2) is 4.75. The number of hydrogen-bond acceptors (Lipinski definition) is 4. The van der Waals surface area contributed by atoms with Crippen LogP contribution in [0.15, 0.2) is 36.7 Å². The van der Waals surface area contributed by atoms with E-state index in [1.807, 2.05) is 6.92 Å². The number of benzene rings is 1. The first-order valence-electron chi connectivity index (χ1n) is 5.38. The van der Waals surface area contributed by atoms with Crippen molar-refractivity contribution >= 4 is 17.3 Å². The number of anilines is 2. The van der Waals surface area contributed by atoms with E-state index in [9.17, 15) is 9.90 Å². The summed E-state index contributed by atoms with van der Waals surface area (Å²) in [5.74, 6) is -0.472. The van der Waals surface area contributed by atoms with Gasteiger partial charge in [-0.3, -0.25) is 9.78 Å². The molecule has 1 aromatic carbocycles. The summed E-state index contributed by atoms with van der Waals surface area (Å²) in [6, 6.07) is 6.43. The maximum absolute atomic E-state index is 12.0. The summed E-state index contributed by atoms with van der Waals surface area (Å²) >= 11 is 0. The predicted molar refractivity (Wildman–Crippen MR) is 69.4 cm³/mol. The van der Waals surface area contributed by atoms with E-state index in [4.69, 9.17) is 5.73 Å². The highest BCUT2D eigenvalue weighted by Crippen LogP contribution is 2.21. The van der Waals surface area contributed by atoms with Crippen LogP contribution in [-0.2, 0) is 0 Å². The molecule has 2 aromatic rings. The lowest BCUT2D eigenvalue weighted by Gasteiger charge is -2.09. The van der Waals surface area contributed by atoms with Crippen LogP contribution in [0, 0.1) is 6.92 Å². The fourth-order valence-electron chi connectivity index (χ4n) is 1.54. The Bertz CT molecular complexity index is 597. The third kappa shape index (κ3) is 2.40. The van der Waals surface area contributed by atoms with Gasteiger partial charge in [0.05, 0.1) is 23.1 Å². The van der Waals surface area contributed by atoms with Crippen LogP contribution in [-0.4, -0.2) is 16.0 Å². The number of hydrogen-bond donors (Lipinski definition) is 3. The standard InChI is InChI=1S/C13H13N3O2/c1-8-2-3-12(17)9(6-8)13(18)16-11-4-5-15-7-10(11)14/h2-7,17H,14H2,1H3,(H,15,16,18). The summed E-state index contributed by atoms with van der Waals surface area (Å²) < 4.78 is 0. The number of aromatic nitrogens is 1. The molecule has 1 aromatic heterocycles. The minimum absolute atomic E-state index is 0.0641. The van der Waals surface area contributed by atoms with E-state index < -0.39 is 5.91 Å². The maximum Gasteiger partial charge on any atom is 0.259 e. The summed E-state index contributed by atoms with van der Waals surface area (Å²) in [5.41, 5.74) is 7.62. The van der Waals surface area contributed by atoms with Crippen molar-refractivity contribution in [3.05, 3.63) is 47.8 Å². The fraction of sp³-hybridized carbons (Fsp3) is 0.0769. The molecule has 0 saturated carbocycles. The van der Waals surface area contributed by atoms with Crippen LogP contribution in [0.1, 0.15) is 15.9 Å². The molecule has 18 heavy (non-hydrogen) atoms. The van der Waals surface area contributed by atoms with Crippen LogP contribution in [0.4, 0.5) is 11.4 Å². The van der Waals surface area contributed by atoms with Crippen molar-refractivity contribution in [3.8, 4) is 5.75 Å². The van der Waals surface area contributed by atoms with E-state index in [2.05, 4.69) is 10.3 Å². The number of nitrogen functional groups attached to an aromatic ring is 1. The third-order valence-corrected chi connectivity index (χ3v) is 2.50. The molecule has 0 unspecified atom stereocenters. The largest absolute Gasteiger partial charge is 0.507 e. The Morgan fingerprint density at radius 1 is 1.39 bits per heavy atom. The Morgan fingerprint density at radius 2 is 2.17 bits per heavy atom. The molecule has 1 amide bonds. The number of carbonyl (C=O) groups excluding carboxylic acids is 1.